The SMILES string of the molecule is CC1C2C[C@H](O)CN2C[C@H]1N(C)C(=O)CNC(=O)Nc1ccccc1. The highest BCUT2D eigenvalue weighted by Crippen LogP contribution is 2.34. The van der Waals surface area contributed by atoms with Gasteiger partial charge in [0, 0.05) is 37.9 Å². The summed E-state index contributed by atoms with van der Waals surface area (Å²) < 4.78 is 0. The van der Waals surface area contributed by atoms with Gasteiger partial charge in [0.1, 0.15) is 0 Å². The van der Waals surface area contributed by atoms with E-state index in [1.165, 1.54) is 0 Å². The first-order chi connectivity index (χ1) is 12.0. The molecule has 7 heteroatoms. The van der Waals surface area contributed by atoms with Crippen molar-refractivity contribution in [2.45, 2.75) is 31.5 Å². The third kappa shape index (κ3) is 3.93. The molecule has 0 aliphatic carbocycles. The molecule has 25 heavy (non-hydrogen) atoms. The fraction of sp³-hybridized carbons (Fsp3) is 0.556. The highest BCUT2D eigenvalue weighted by atomic mass is 16.3. The van der Waals surface area contributed by atoms with Crippen LogP contribution in [0.5, 0.6) is 0 Å². The molecule has 2 unspecified atom stereocenters. The average Bonchev–Trinajstić information content (AvgIpc) is 3.10. The van der Waals surface area contributed by atoms with Crippen LogP contribution < -0.4 is 10.6 Å². The molecule has 136 valence electrons. The van der Waals surface area contributed by atoms with Crippen LogP contribution in [0.3, 0.4) is 0 Å². The van der Waals surface area contributed by atoms with Crippen molar-refractivity contribution in [3.8, 4) is 0 Å². The molecule has 1 aromatic carbocycles. The number of nitrogens with zero attached hydrogens (tertiary/aromatic N) is 2. The topological polar surface area (TPSA) is 84.9 Å². The van der Waals surface area contributed by atoms with Crippen LogP contribution in [-0.2, 0) is 4.79 Å². The predicted octanol–water partition coefficient (Wildman–Crippen LogP) is 0.720. The monoisotopic (exact) mass is 346 g/mol. The Morgan fingerprint density at radius 2 is 2.00 bits per heavy atom. The van der Waals surface area contributed by atoms with Crippen LogP contribution in [0.15, 0.2) is 30.3 Å². The molecule has 0 bridgehead atoms. The number of carbonyl (C=O) groups is 2. The minimum absolute atomic E-state index is 0.0360. The van der Waals surface area contributed by atoms with E-state index in [4.69, 9.17) is 0 Å². The van der Waals surface area contributed by atoms with Gasteiger partial charge in [-0.1, -0.05) is 25.1 Å². The van der Waals surface area contributed by atoms with Crippen LogP contribution >= 0.6 is 0 Å². The first-order valence-corrected chi connectivity index (χ1v) is 8.73. The van der Waals surface area contributed by atoms with E-state index in [9.17, 15) is 14.7 Å². The molecule has 0 saturated carbocycles. The number of nitrogens with one attached hydrogen (secondary N) is 2. The third-order valence-corrected chi connectivity index (χ3v) is 5.39. The molecule has 3 amide bonds. The molecule has 3 rings (SSSR count). The van der Waals surface area contributed by atoms with Crippen molar-refractivity contribution in [1.29, 1.82) is 0 Å². The molecule has 4 atom stereocenters. The number of para-hydroxylation sites is 1. The van der Waals surface area contributed by atoms with Crippen molar-refractivity contribution < 1.29 is 14.7 Å². The van der Waals surface area contributed by atoms with Crippen molar-refractivity contribution in [2.24, 2.45) is 5.92 Å². The van der Waals surface area contributed by atoms with Crippen LogP contribution in [0.2, 0.25) is 0 Å². The zero-order chi connectivity index (χ0) is 18.0. The Labute approximate surface area is 148 Å². The van der Waals surface area contributed by atoms with Crippen molar-refractivity contribution in [3.05, 3.63) is 30.3 Å². The van der Waals surface area contributed by atoms with E-state index in [2.05, 4.69) is 22.5 Å². The van der Waals surface area contributed by atoms with Crippen LogP contribution in [0.4, 0.5) is 10.5 Å². The van der Waals surface area contributed by atoms with Crippen LogP contribution in [0, 0.1) is 5.92 Å². The number of amides is 3. The lowest BCUT2D eigenvalue weighted by Crippen LogP contribution is -2.47. The zero-order valence-corrected chi connectivity index (χ0v) is 14.7. The maximum absolute atomic E-state index is 12.4. The summed E-state index contributed by atoms with van der Waals surface area (Å²) in [6, 6.07) is 9.17. The summed E-state index contributed by atoms with van der Waals surface area (Å²) in [5.41, 5.74) is 0.685. The zero-order valence-electron chi connectivity index (χ0n) is 14.7. The van der Waals surface area contributed by atoms with Gasteiger partial charge >= 0.3 is 6.03 Å². The minimum Gasteiger partial charge on any atom is -0.392 e. The number of aliphatic hydroxyl groups excluding tert-OH is 1. The normalized spacial score (nSPS) is 28.4. The summed E-state index contributed by atoms with van der Waals surface area (Å²) in [7, 11) is 1.79. The Kier molecular flexibility index (Phi) is 5.24. The van der Waals surface area contributed by atoms with E-state index >= 15 is 0 Å². The van der Waals surface area contributed by atoms with Crippen molar-refractivity contribution in [2.75, 3.05) is 32.0 Å². The Morgan fingerprint density at radius 3 is 2.68 bits per heavy atom. The van der Waals surface area contributed by atoms with E-state index in [-0.39, 0.29) is 24.6 Å². The maximum atomic E-state index is 12.4. The maximum Gasteiger partial charge on any atom is 0.319 e. The minimum atomic E-state index is -0.392. The first-order valence-electron chi connectivity index (χ1n) is 8.73. The summed E-state index contributed by atoms with van der Waals surface area (Å²) in [6.07, 6.45) is 0.523. The number of anilines is 1. The van der Waals surface area contributed by atoms with Gasteiger partial charge in [0.15, 0.2) is 0 Å². The first kappa shape index (κ1) is 17.7. The van der Waals surface area contributed by atoms with Gasteiger partial charge in [-0.15, -0.1) is 0 Å². The number of fused-ring (bicyclic) bond motifs is 1. The molecule has 2 aliphatic rings. The summed E-state index contributed by atoms with van der Waals surface area (Å²) in [4.78, 5) is 28.3. The Bertz CT molecular complexity index is 624. The Morgan fingerprint density at radius 1 is 1.28 bits per heavy atom. The Hall–Kier alpha value is -2.12. The molecular formula is C18H26N4O3. The van der Waals surface area contributed by atoms with E-state index in [0.717, 1.165) is 13.0 Å². The van der Waals surface area contributed by atoms with E-state index in [1.54, 1.807) is 24.1 Å². The highest BCUT2D eigenvalue weighted by molar-refractivity contribution is 5.92. The molecule has 7 nitrogen and oxygen atoms in total. The molecule has 0 radical (unpaired) electrons. The average molecular weight is 346 g/mol. The van der Waals surface area contributed by atoms with Crippen LogP contribution in [-0.4, -0.2) is 71.7 Å². The summed E-state index contributed by atoms with van der Waals surface area (Å²) >= 11 is 0. The van der Waals surface area contributed by atoms with Gasteiger partial charge in [0.25, 0.3) is 0 Å². The lowest BCUT2D eigenvalue weighted by atomic mass is 9.95. The van der Waals surface area contributed by atoms with Crippen LogP contribution in [0.25, 0.3) is 0 Å². The number of urea groups is 1. The van der Waals surface area contributed by atoms with E-state index in [1.807, 2.05) is 18.2 Å². The molecule has 0 spiro atoms. The summed E-state index contributed by atoms with van der Waals surface area (Å²) in [5, 5.41) is 15.1. The molecule has 2 saturated heterocycles. The number of rotatable bonds is 4. The van der Waals surface area contributed by atoms with Crippen LogP contribution in [0.1, 0.15) is 13.3 Å². The van der Waals surface area contributed by atoms with Gasteiger partial charge in [0.05, 0.1) is 12.6 Å². The standard InChI is InChI=1S/C18H26N4O3/c1-12-15-8-14(23)10-22(15)11-16(12)21(2)17(24)9-19-18(25)20-13-6-4-3-5-7-13/h3-7,12,14-16,23H,8-11H2,1-2H3,(H2,19,20,25)/t12?,14-,15?,16+/m0/s1. The fourth-order valence-electron chi connectivity index (χ4n) is 3.97. The molecule has 2 heterocycles. The van der Waals surface area contributed by atoms with Crippen molar-refractivity contribution in [3.63, 3.8) is 0 Å². The number of aliphatic hydroxyl groups is 1. The smallest absolute Gasteiger partial charge is 0.319 e. The molecule has 0 aromatic heterocycles. The molecule has 2 fully saturated rings. The molecular weight excluding hydrogens is 320 g/mol. The lowest BCUT2D eigenvalue weighted by molar-refractivity contribution is -0.131. The van der Waals surface area contributed by atoms with E-state index in [0.29, 0.717) is 24.2 Å². The quantitative estimate of drug-likeness (QED) is 0.750. The number of benzene rings is 1. The molecule has 2 aliphatic heterocycles. The Balaban J connectivity index is 1.47. The van der Waals surface area contributed by atoms with Gasteiger partial charge in [-0.2, -0.15) is 0 Å². The summed E-state index contributed by atoms with van der Waals surface area (Å²) in [5.74, 6) is 0.200. The number of likely N-dealkylation sites (N-methyl/N-ethyl adjacent to an activating group) is 1. The van der Waals surface area contributed by atoms with Gasteiger partial charge in [-0.25, -0.2) is 4.79 Å². The third-order valence-electron chi connectivity index (χ3n) is 5.39. The fourth-order valence-corrected chi connectivity index (χ4v) is 3.97. The second kappa shape index (κ2) is 7.41. The molecule has 3 N–H and O–H groups in total. The van der Waals surface area contributed by atoms with Gasteiger partial charge in [0.2, 0.25) is 5.91 Å². The van der Waals surface area contributed by atoms with Crippen molar-refractivity contribution >= 4 is 17.6 Å². The second-order valence-electron chi connectivity index (χ2n) is 7.02. The van der Waals surface area contributed by atoms with Gasteiger partial charge < -0.3 is 20.6 Å². The van der Waals surface area contributed by atoms with Crippen molar-refractivity contribution in [1.82, 2.24) is 15.1 Å². The number of hydrogen-bond donors (Lipinski definition) is 3. The largest absolute Gasteiger partial charge is 0.392 e. The van der Waals surface area contributed by atoms with Gasteiger partial charge in [-0.3, -0.25) is 9.69 Å². The summed E-state index contributed by atoms with van der Waals surface area (Å²) in [6.45, 7) is 3.56. The molecule has 1 aromatic rings. The highest BCUT2D eigenvalue weighted by Gasteiger charge is 2.46. The van der Waals surface area contributed by atoms with Gasteiger partial charge in [-0.05, 0) is 24.5 Å². The second-order valence-corrected chi connectivity index (χ2v) is 7.02. The number of carbonyl (C=O) groups excluding carboxylic acids is 2. The van der Waals surface area contributed by atoms with E-state index < -0.39 is 6.03 Å². The lowest BCUT2D eigenvalue weighted by Gasteiger charge is -2.29. The number of hydrogen-bond acceptors (Lipinski definition) is 4. The predicted molar refractivity (Wildman–Crippen MR) is 95.2 cm³/mol.